The maximum absolute atomic E-state index is 12.9. The molecule has 21 heavy (non-hydrogen) atoms. The Morgan fingerprint density at radius 1 is 1.33 bits per heavy atom. The molecule has 0 spiro atoms. The van der Waals surface area contributed by atoms with E-state index < -0.39 is 11.7 Å². The third-order valence-corrected chi connectivity index (χ3v) is 3.44. The Morgan fingerprint density at radius 3 is 2.67 bits per heavy atom. The molecule has 0 saturated heterocycles. The normalized spacial score (nSPS) is 11.9. The zero-order valence-corrected chi connectivity index (χ0v) is 13.8. The molecule has 0 N–H and O–H groups in total. The van der Waals surface area contributed by atoms with Gasteiger partial charge in [-0.1, -0.05) is 12.3 Å². The minimum Gasteiger partial charge on any atom is -0.388 e. The fourth-order valence-electron chi connectivity index (χ4n) is 2.64. The summed E-state index contributed by atoms with van der Waals surface area (Å²) in [6, 6.07) is 7.30. The van der Waals surface area contributed by atoms with Gasteiger partial charge in [0.05, 0.1) is 0 Å². The van der Waals surface area contributed by atoms with Gasteiger partial charge in [0.2, 0.25) is 0 Å². The first kappa shape index (κ1) is 16.0. The molecule has 0 atom stereocenters. The van der Waals surface area contributed by atoms with Crippen LogP contribution in [0, 0.1) is 13.0 Å². The molecule has 2 heterocycles. The monoisotopic (exact) mass is 470 g/mol. The minimum absolute atomic E-state index is 0. The number of nitrogens with zero attached hydrogens (tertiary/aromatic N) is 2. The van der Waals surface area contributed by atoms with Gasteiger partial charge in [-0.05, 0) is 30.1 Å². The first-order valence-corrected chi connectivity index (χ1v) is 6.30. The maximum atomic E-state index is 12.9. The largest absolute Gasteiger partial charge is 0.399 e. The van der Waals surface area contributed by atoms with E-state index >= 15 is 0 Å². The molecule has 0 unspecified atom stereocenters. The predicted octanol–water partition coefficient (Wildman–Crippen LogP) is 4.33. The minimum atomic E-state index is -4.39. The molecule has 1 aromatic carbocycles. The van der Waals surface area contributed by atoms with Crippen LogP contribution in [0.3, 0.4) is 0 Å². The van der Waals surface area contributed by atoms with E-state index in [-0.39, 0.29) is 20.1 Å². The first-order chi connectivity index (χ1) is 9.43. The van der Waals surface area contributed by atoms with Crippen molar-refractivity contribution in [2.24, 2.45) is 0 Å². The van der Waals surface area contributed by atoms with Crippen molar-refractivity contribution in [2.45, 2.75) is 26.6 Å². The van der Waals surface area contributed by atoms with Crippen LogP contribution in [0.25, 0.3) is 21.9 Å². The first-order valence-electron chi connectivity index (χ1n) is 6.30. The van der Waals surface area contributed by atoms with E-state index in [1.165, 1.54) is 0 Å². The summed E-state index contributed by atoms with van der Waals surface area (Å²) < 4.78 is 40.8. The zero-order chi connectivity index (χ0) is 14.5. The summed E-state index contributed by atoms with van der Waals surface area (Å²) in [5.41, 5.74) is 2.02. The number of hydrogen-bond acceptors (Lipinski definition) is 1. The molecule has 3 aromatic rings. The number of aryl methyl sites for hydroxylation is 2. The number of rotatable bonds is 1. The van der Waals surface area contributed by atoms with Crippen molar-refractivity contribution in [1.82, 2.24) is 9.55 Å². The molecule has 1 radical (unpaired) electrons. The zero-order valence-electron chi connectivity index (χ0n) is 11.4. The van der Waals surface area contributed by atoms with Crippen LogP contribution in [0.5, 0.6) is 0 Å². The molecule has 3 rings (SSSR count). The fraction of sp³-hybridized carbons (Fsp3) is 0.267. The van der Waals surface area contributed by atoms with Gasteiger partial charge >= 0.3 is 6.18 Å². The number of halogens is 3. The Balaban J connectivity index is 0.00000161. The Bertz CT molecular complexity index is 806. The van der Waals surface area contributed by atoms with Gasteiger partial charge in [0, 0.05) is 43.9 Å². The van der Waals surface area contributed by atoms with Crippen LogP contribution in [-0.4, -0.2) is 9.55 Å². The SMILES string of the molecule is CCn1c2cccnc2c2[c-]c(C(F)(F)F)cc(C)c21.[Ir]. The molecule has 113 valence electrons. The molecule has 0 saturated carbocycles. The number of aromatic nitrogens is 2. The molecule has 0 aliphatic heterocycles. The summed E-state index contributed by atoms with van der Waals surface area (Å²) in [7, 11) is 0. The molecule has 2 nitrogen and oxygen atoms in total. The smallest absolute Gasteiger partial charge is 0.388 e. The van der Waals surface area contributed by atoms with Gasteiger partial charge in [-0.3, -0.25) is 0 Å². The summed E-state index contributed by atoms with van der Waals surface area (Å²) in [6.07, 6.45) is -2.81. The van der Waals surface area contributed by atoms with Crippen LogP contribution in [0.4, 0.5) is 13.2 Å². The van der Waals surface area contributed by atoms with E-state index in [0.29, 0.717) is 23.0 Å². The van der Waals surface area contributed by atoms with Gasteiger partial charge < -0.3 is 9.55 Å². The van der Waals surface area contributed by atoms with E-state index in [9.17, 15) is 13.2 Å². The standard InChI is InChI=1S/C15H12F3N2.Ir/c1-3-20-12-5-4-6-19-13(12)11-8-10(15(16,17)18)7-9(2)14(11)20;/h4-7H,3H2,1-2H3;/q-1;. The predicted molar refractivity (Wildman–Crippen MR) is 71.5 cm³/mol. The van der Waals surface area contributed by atoms with Crippen LogP contribution in [-0.2, 0) is 32.8 Å². The molecule has 0 fully saturated rings. The summed E-state index contributed by atoms with van der Waals surface area (Å²) >= 11 is 0. The summed E-state index contributed by atoms with van der Waals surface area (Å²) in [4.78, 5) is 4.22. The molecule has 0 amide bonds. The van der Waals surface area contributed by atoms with Gasteiger partial charge in [0.15, 0.2) is 0 Å². The number of alkyl halides is 3. The van der Waals surface area contributed by atoms with Crippen LogP contribution in [0.15, 0.2) is 24.4 Å². The van der Waals surface area contributed by atoms with Crippen LogP contribution in [0.2, 0.25) is 0 Å². The van der Waals surface area contributed by atoms with Gasteiger partial charge in [0.1, 0.15) is 0 Å². The average Bonchev–Trinajstić information content (AvgIpc) is 2.72. The second-order valence-electron chi connectivity index (χ2n) is 4.70. The van der Waals surface area contributed by atoms with E-state index in [0.717, 1.165) is 17.1 Å². The molecular weight excluding hydrogens is 457 g/mol. The van der Waals surface area contributed by atoms with E-state index in [4.69, 9.17) is 0 Å². The molecule has 2 aromatic heterocycles. The maximum Gasteiger partial charge on any atom is 0.399 e. The van der Waals surface area contributed by atoms with E-state index in [2.05, 4.69) is 11.1 Å². The van der Waals surface area contributed by atoms with Gasteiger partial charge in [0.25, 0.3) is 0 Å². The Kier molecular flexibility index (Phi) is 4.13. The van der Waals surface area contributed by atoms with E-state index in [1.807, 2.05) is 17.6 Å². The van der Waals surface area contributed by atoms with Crippen molar-refractivity contribution in [3.63, 3.8) is 0 Å². The third kappa shape index (κ3) is 2.47. The van der Waals surface area contributed by atoms with Crippen molar-refractivity contribution < 1.29 is 33.3 Å². The molecule has 0 bridgehead atoms. The Hall–Kier alpha value is -1.39. The molecular formula is C15H12F3IrN2-. The molecule has 0 aliphatic carbocycles. The van der Waals surface area contributed by atoms with Crippen molar-refractivity contribution in [1.29, 1.82) is 0 Å². The van der Waals surface area contributed by atoms with Crippen molar-refractivity contribution in [3.05, 3.63) is 41.6 Å². The van der Waals surface area contributed by atoms with Gasteiger partial charge in [-0.2, -0.15) is 13.2 Å². The number of benzene rings is 1. The van der Waals surface area contributed by atoms with E-state index in [1.54, 1.807) is 19.2 Å². The van der Waals surface area contributed by atoms with Crippen molar-refractivity contribution >= 4 is 21.9 Å². The van der Waals surface area contributed by atoms with Gasteiger partial charge in [-0.15, -0.1) is 17.7 Å². The quantitative estimate of drug-likeness (QED) is 0.485. The average molecular weight is 469 g/mol. The molecule has 6 heteroatoms. The second kappa shape index (κ2) is 5.43. The van der Waals surface area contributed by atoms with Crippen LogP contribution in [0.1, 0.15) is 18.1 Å². The van der Waals surface area contributed by atoms with Gasteiger partial charge in [-0.25, -0.2) is 0 Å². The number of hydrogen-bond donors (Lipinski definition) is 0. The number of fused-ring (bicyclic) bond motifs is 3. The molecule has 0 aliphatic rings. The topological polar surface area (TPSA) is 17.8 Å². The second-order valence-corrected chi connectivity index (χ2v) is 4.70. The van der Waals surface area contributed by atoms with Crippen molar-refractivity contribution in [3.8, 4) is 0 Å². The third-order valence-electron chi connectivity index (χ3n) is 3.44. The summed E-state index contributed by atoms with van der Waals surface area (Å²) in [5, 5.41) is 0.440. The number of pyridine rings is 1. The summed E-state index contributed by atoms with van der Waals surface area (Å²) in [5.74, 6) is 0. The fourth-order valence-corrected chi connectivity index (χ4v) is 2.64. The van der Waals surface area contributed by atoms with Crippen molar-refractivity contribution in [2.75, 3.05) is 0 Å². The Morgan fingerprint density at radius 2 is 2.05 bits per heavy atom. The summed E-state index contributed by atoms with van der Waals surface area (Å²) in [6.45, 7) is 4.32. The Labute approximate surface area is 133 Å². The van der Waals surface area contributed by atoms with Crippen LogP contribution >= 0.6 is 0 Å². The van der Waals surface area contributed by atoms with Crippen LogP contribution < -0.4 is 0 Å².